The Bertz CT molecular complexity index is 1170. The minimum Gasteiger partial charge on any atom is -0.507 e. The lowest BCUT2D eigenvalue weighted by molar-refractivity contribution is -0.384. The van der Waals surface area contributed by atoms with Crippen molar-refractivity contribution in [3.05, 3.63) is 75.3 Å². The number of carbonyl (C=O) groups excluding carboxylic acids is 3. The van der Waals surface area contributed by atoms with Gasteiger partial charge in [-0.3, -0.25) is 24.5 Å². The van der Waals surface area contributed by atoms with Gasteiger partial charge in [-0.25, -0.2) is 0 Å². The van der Waals surface area contributed by atoms with Gasteiger partial charge in [0.25, 0.3) is 17.4 Å². The molecule has 184 valence electrons. The highest BCUT2D eigenvalue weighted by atomic mass is 16.6. The first-order valence-corrected chi connectivity index (χ1v) is 11.2. The van der Waals surface area contributed by atoms with Crippen LogP contribution in [0.5, 0.6) is 5.75 Å². The molecule has 0 aliphatic carbocycles. The number of non-ortho nitro benzene ring substituents is 1. The molecule has 0 radical (unpaired) electrons. The van der Waals surface area contributed by atoms with Gasteiger partial charge in [0.2, 0.25) is 0 Å². The number of ether oxygens (including phenoxy) is 1. The first-order valence-electron chi connectivity index (χ1n) is 11.2. The lowest BCUT2D eigenvalue weighted by atomic mass is 9.95. The standard InChI is InChI=1S/C25H27N3O7/c1-4-26(5-2)13-14-27-22(17-9-11-20(12-10-17)35-16(3)29)21(24(31)25(27)32)23(30)18-7-6-8-19(15-18)28(33)34/h6-12,15,22,30H,4-5,13-14H2,1-3H3/b23-21-. The zero-order valence-electron chi connectivity index (χ0n) is 19.8. The first-order chi connectivity index (χ1) is 16.7. The van der Waals surface area contributed by atoms with Crippen LogP contribution in [0.25, 0.3) is 5.76 Å². The molecule has 1 amide bonds. The summed E-state index contributed by atoms with van der Waals surface area (Å²) in [6.07, 6.45) is 0. The van der Waals surface area contributed by atoms with E-state index in [1.165, 1.54) is 42.2 Å². The molecule has 2 aromatic carbocycles. The number of carbonyl (C=O) groups is 3. The molecule has 0 saturated carbocycles. The summed E-state index contributed by atoms with van der Waals surface area (Å²) in [4.78, 5) is 51.5. The number of hydrogen-bond acceptors (Lipinski definition) is 8. The number of nitro groups is 1. The highest BCUT2D eigenvalue weighted by Crippen LogP contribution is 2.40. The molecule has 1 fully saturated rings. The Balaban J connectivity index is 2.11. The van der Waals surface area contributed by atoms with Crippen molar-refractivity contribution in [3.8, 4) is 5.75 Å². The zero-order chi connectivity index (χ0) is 25.7. The van der Waals surface area contributed by atoms with E-state index in [0.717, 1.165) is 19.2 Å². The van der Waals surface area contributed by atoms with E-state index in [0.29, 0.717) is 17.9 Å². The number of Topliss-reactive ketones (excluding diaryl/α,β-unsaturated/α-hetero) is 1. The number of likely N-dealkylation sites (tertiary alicyclic amines) is 1. The second kappa shape index (κ2) is 10.9. The molecule has 0 spiro atoms. The predicted molar refractivity (Wildman–Crippen MR) is 128 cm³/mol. The normalized spacial score (nSPS) is 17.1. The van der Waals surface area contributed by atoms with Crippen LogP contribution in [0.4, 0.5) is 5.69 Å². The molecule has 1 saturated heterocycles. The summed E-state index contributed by atoms with van der Waals surface area (Å²) in [5.41, 5.74) is 0.163. The fourth-order valence-corrected chi connectivity index (χ4v) is 4.05. The number of hydrogen-bond donors (Lipinski definition) is 1. The summed E-state index contributed by atoms with van der Waals surface area (Å²) in [6.45, 7) is 7.52. The zero-order valence-corrected chi connectivity index (χ0v) is 19.8. The predicted octanol–water partition coefficient (Wildman–Crippen LogP) is 3.28. The van der Waals surface area contributed by atoms with Crippen molar-refractivity contribution >= 4 is 29.1 Å². The van der Waals surface area contributed by atoms with Crippen molar-refractivity contribution in [1.82, 2.24) is 9.80 Å². The molecule has 10 nitrogen and oxygen atoms in total. The summed E-state index contributed by atoms with van der Waals surface area (Å²) >= 11 is 0. The van der Waals surface area contributed by atoms with Crippen LogP contribution in [0.2, 0.25) is 0 Å². The van der Waals surface area contributed by atoms with Crippen molar-refractivity contribution in [1.29, 1.82) is 0 Å². The van der Waals surface area contributed by atoms with Crippen LogP contribution in [0.15, 0.2) is 54.1 Å². The molecule has 0 bridgehead atoms. The Morgan fingerprint density at radius 3 is 2.37 bits per heavy atom. The summed E-state index contributed by atoms with van der Waals surface area (Å²) < 4.78 is 5.07. The third-order valence-electron chi connectivity index (χ3n) is 5.88. The Morgan fingerprint density at radius 1 is 1.14 bits per heavy atom. The highest BCUT2D eigenvalue weighted by molar-refractivity contribution is 6.46. The van der Waals surface area contributed by atoms with E-state index in [9.17, 15) is 29.6 Å². The maximum Gasteiger partial charge on any atom is 0.308 e. The summed E-state index contributed by atoms with van der Waals surface area (Å²) in [5, 5.41) is 22.3. The van der Waals surface area contributed by atoms with Crippen molar-refractivity contribution < 1.29 is 29.2 Å². The molecule has 0 aromatic heterocycles. The number of benzene rings is 2. The molecular weight excluding hydrogens is 454 g/mol. The van der Waals surface area contributed by atoms with Crippen molar-refractivity contribution in [3.63, 3.8) is 0 Å². The van der Waals surface area contributed by atoms with E-state index < -0.39 is 34.4 Å². The van der Waals surface area contributed by atoms with E-state index in [1.54, 1.807) is 12.1 Å². The van der Waals surface area contributed by atoms with Gasteiger partial charge >= 0.3 is 5.97 Å². The number of aliphatic hydroxyl groups excluding tert-OH is 1. The molecule has 1 aliphatic heterocycles. The van der Waals surface area contributed by atoms with Gasteiger partial charge in [0.05, 0.1) is 16.5 Å². The number of rotatable bonds is 9. The van der Waals surface area contributed by atoms with Crippen LogP contribution in [-0.2, 0) is 14.4 Å². The van der Waals surface area contributed by atoms with E-state index in [4.69, 9.17) is 4.74 Å². The van der Waals surface area contributed by atoms with E-state index in [2.05, 4.69) is 4.90 Å². The van der Waals surface area contributed by atoms with Crippen molar-refractivity contribution in [2.75, 3.05) is 26.2 Å². The van der Waals surface area contributed by atoms with Gasteiger partial charge in [-0.2, -0.15) is 0 Å². The van der Waals surface area contributed by atoms with Crippen LogP contribution >= 0.6 is 0 Å². The van der Waals surface area contributed by atoms with Gasteiger partial charge in [-0.05, 0) is 30.8 Å². The van der Waals surface area contributed by atoms with Gasteiger partial charge in [-0.15, -0.1) is 0 Å². The highest BCUT2D eigenvalue weighted by Gasteiger charge is 2.46. The quantitative estimate of drug-likeness (QED) is 0.110. The molecule has 1 aliphatic rings. The fourth-order valence-electron chi connectivity index (χ4n) is 4.05. The molecular formula is C25H27N3O7. The fraction of sp³-hybridized carbons (Fsp3) is 0.320. The van der Waals surface area contributed by atoms with Crippen LogP contribution < -0.4 is 4.74 Å². The van der Waals surface area contributed by atoms with Crippen molar-refractivity contribution in [2.45, 2.75) is 26.8 Å². The number of likely N-dealkylation sites (N-methyl/N-ethyl adjacent to an activating group) is 1. The molecule has 3 rings (SSSR count). The molecule has 10 heteroatoms. The van der Waals surface area contributed by atoms with E-state index in [1.807, 2.05) is 13.8 Å². The van der Waals surface area contributed by atoms with Gasteiger partial charge in [0.15, 0.2) is 0 Å². The van der Waals surface area contributed by atoms with Gasteiger partial charge in [0, 0.05) is 37.7 Å². The number of nitrogens with zero attached hydrogens (tertiary/aromatic N) is 3. The third kappa shape index (κ3) is 5.55. The third-order valence-corrected chi connectivity index (χ3v) is 5.88. The Morgan fingerprint density at radius 2 is 1.80 bits per heavy atom. The SMILES string of the molecule is CCN(CC)CCN1C(=O)C(=O)/C(=C(\O)c2cccc([N+](=O)[O-])c2)C1c1ccc(OC(C)=O)cc1. The average molecular weight is 482 g/mol. The van der Waals surface area contributed by atoms with E-state index in [-0.39, 0.29) is 23.4 Å². The van der Waals surface area contributed by atoms with Crippen molar-refractivity contribution in [2.24, 2.45) is 0 Å². The van der Waals surface area contributed by atoms with Gasteiger partial charge in [0.1, 0.15) is 11.5 Å². The molecule has 1 atom stereocenters. The number of ketones is 1. The monoisotopic (exact) mass is 481 g/mol. The molecule has 35 heavy (non-hydrogen) atoms. The minimum atomic E-state index is -0.920. The summed E-state index contributed by atoms with van der Waals surface area (Å²) in [5.74, 6) is -2.33. The molecule has 2 aromatic rings. The second-order valence-electron chi connectivity index (χ2n) is 7.99. The van der Waals surface area contributed by atoms with Gasteiger partial charge < -0.3 is 19.6 Å². The van der Waals surface area contributed by atoms with E-state index >= 15 is 0 Å². The topological polar surface area (TPSA) is 130 Å². The van der Waals surface area contributed by atoms with Crippen LogP contribution in [0, 0.1) is 10.1 Å². The maximum absolute atomic E-state index is 13.1. The number of nitro benzene ring substituents is 1. The minimum absolute atomic E-state index is 0.0578. The second-order valence-corrected chi connectivity index (χ2v) is 7.99. The Hall–Kier alpha value is -4.05. The van der Waals surface area contributed by atoms with Crippen LogP contribution in [-0.4, -0.2) is 63.7 Å². The summed E-state index contributed by atoms with van der Waals surface area (Å²) in [7, 11) is 0. The molecule has 1 heterocycles. The Kier molecular flexibility index (Phi) is 7.98. The number of esters is 1. The summed E-state index contributed by atoms with van der Waals surface area (Å²) in [6, 6.07) is 10.6. The molecule has 1 N–H and O–H groups in total. The van der Waals surface area contributed by atoms with Crippen LogP contribution in [0.1, 0.15) is 37.9 Å². The van der Waals surface area contributed by atoms with Crippen LogP contribution in [0.3, 0.4) is 0 Å². The average Bonchev–Trinajstić information content (AvgIpc) is 3.09. The number of aliphatic hydroxyl groups is 1. The van der Waals surface area contributed by atoms with Gasteiger partial charge in [-0.1, -0.05) is 38.1 Å². The first kappa shape index (κ1) is 25.6. The lowest BCUT2D eigenvalue weighted by Crippen LogP contribution is -2.38. The maximum atomic E-state index is 13.1. The number of amides is 1. The largest absolute Gasteiger partial charge is 0.507 e. The Labute approximate surface area is 202 Å². The lowest BCUT2D eigenvalue weighted by Gasteiger charge is -2.28. The smallest absolute Gasteiger partial charge is 0.308 e. The molecule has 1 unspecified atom stereocenters.